The van der Waals surface area contributed by atoms with Crippen LogP contribution in [0.25, 0.3) is 5.65 Å². The molecule has 0 unspecified atom stereocenters. The summed E-state index contributed by atoms with van der Waals surface area (Å²) in [6, 6.07) is 0.686. The molecule has 9 heteroatoms. The molecule has 2 aromatic heterocycles. The van der Waals surface area contributed by atoms with Crippen LogP contribution >= 0.6 is 0 Å². The van der Waals surface area contributed by atoms with Crippen molar-refractivity contribution < 1.29 is 22.8 Å². The van der Waals surface area contributed by atoms with Gasteiger partial charge in [-0.15, -0.1) is 0 Å². The molecule has 0 aromatic carbocycles. The first-order valence-corrected chi connectivity index (χ1v) is 7.83. The van der Waals surface area contributed by atoms with E-state index in [4.69, 9.17) is 0 Å². The van der Waals surface area contributed by atoms with Crippen LogP contribution in [0, 0.1) is 0 Å². The number of rotatable bonds is 2. The van der Waals surface area contributed by atoms with Gasteiger partial charge in [0.1, 0.15) is 11.7 Å². The number of halogens is 3. The van der Waals surface area contributed by atoms with Crippen molar-refractivity contribution >= 4 is 17.5 Å². The predicted octanol–water partition coefficient (Wildman–Crippen LogP) is 2.01. The molecule has 1 N–H and O–H groups in total. The lowest BCUT2D eigenvalue weighted by Gasteiger charge is -2.40. The van der Waals surface area contributed by atoms with E-state index in [1.165, 1.54) is 25.4 Å². The van der Waals surface area contributed by atoms with Crippen molar-refractivity contribution in [2.75, 3.05) is 6.54 Å². The third-order valence-corrected chi connectivity index (χ3v) is 4.26. The molecule has 25 heavy (non-hydrogen) atoms. The van der Waals surface area contributed by atoms with Gasteiger partial charge in [-0.05, 0) is 25.0 Å². The van der Waals surface area contributed by atoms with Crippen LogP contribution in [-0.2, 0) is 4.79 Å². The molecule has 2 aromatic rings. The number of piperidine rings is 1. The van der Waals surface area contributed by atoms with Crippen molar-refractivity contribution in [3.05, 3.63) is 36.3 Å². The zero-order chi connectivity index (χ0) is 18.2. The van der Waals surface area contributed by atoms with Crippen LogP contribution in [0.15, 0.2) is 30.7 Å². The summed E-state index contributed by atoms with van der Waals surface area (Å²) in [5, 5.41) is 2.60. The molecule has 1 fully saturated rings. The normalized spacial score (nSPS) is 21.4. The maximum atomic E-state index is 13.4. The molecule has 2 atom stereocenters. The van der Waals surface area contributed by atoms with Crippen LogP contribution in [0.4, 0.5) is 13.2 Å². The fraction of sp³-hybridized carbons (Fsp3) is 0.438. The number of amides is 2. The molecular formula is C16H17F3N4O2. The van der Waals surface area contributed by atoms with E-state index in [9.17, 15) is 22.8 Å². The van der Waals surface area contributed by atoms with Crippen molar-refractivity contribution in [2.24, 2.45) is 0 Å². The molecule has 0 radical (unpaired) electrons. The highest BCUT2D eigenvalue weighted by Crippen LogP contribution is 2.33. The Morgan fingerprint density at radius 2 is 2.04 bits per heavy atom. The average molecular weight is 354 g/mol. The van der Waals surface area contributed by atoms with Gasteiger partial charge in [-0.3, -0.25) is 9.59 Å². The number of carbonyl (C=O) groups is 2. The second kappa shape index (κ2) is 6.38. The van der Waals surface area contributed by atoms with Gasteiger partial charge in [-0.25, -0.2) is 4.98 Å². The van der Waals surface area contributed by atoms with Gasteiger partial charge in [-0.1, -0.05) is 0 Å². The molecule has 1 saturated heterocycles. The fourth-order valence-electron chi connectivity index (χ4n) is 3.15. The van der Waals surface area contributed by atoms with Crippen molar-refractivity contribution in [1.82, 2.24) is 19.6 Å². The summed E-state index contributed by atoms with van der Waals surface area (Å²) in [6.07, 6.45) is 0.0250. The second-order valence-electron chi connectivity index (χ2n) is 6.10. The Hall–Kier alpha value is -2.58. The Kier molecular flexibility index (Phi) is 4.40. The van der Waals surface area contributed by atoms with Crippen LogP contribution in [-0.4, -0.2) is 50.9 Å². The van der Waals surface area contributed by atoms with Gasteiger partial charge in [-0.2, -0.15) is 13.2 Å². The summed E-state index contributed by atoms with van der Waals surface area (Å²) < 4.78 is 41.7. The van der Waals surface area contributed by atoms with Gasteiger partial charge in [0.2, 0.25) is 5.91 Å². The molecule has 1 aliphatic rings. The number of hydrogen-bond donors (Lipinski definition) is 1. The summed E-state index contributed by atoms with van der Waals surface area (Å²) in [7, 11) is 0. The summed E-state index contributed by atoms with van der Waals surface area (Å²) in [6.45, 7) is 1.12. The van der Waals surface area contributed by atoms with Crippen molar-refractivity contribution in [2.45, 2.75) is 38.0 Å². The third-order valence-electron chi connectivity index (χ3n) is 4.26. The minimum absolute atomic E-state index is 0.142. The van der Waals surface area contributed by atoms with Crippen LogP contribution in [0.2, 0.25) is 0 Å². The first kappa shape index (κ1) is 17.2. The van der Waals surface area contributed by atoms with Crippen molar-refractivity contribution in [3.8, 4) is 0 Å². The van der Waals surface area contributed by atoms with Crippen molar-refractivity contribution in [3.63, 3.8) is 0 Å². The van der Waals surface area contributed by atoms with Gasteiger partial charge in [0.15, 0.2) is 0 Å². The SMILES string of the molecule is CC(=O)N[C@H]1CC[C@@H](C(F)(F)F)N(C(=O)c2ccc3nccn3c2)C1. The molecule has 3 heterocycles. The monoisotopic (exact) mass is 354 g/mol. The molecule has 0 saturated carbocycles. The molecule has 1 aliphatic heterocycles. The Morgan fingerprint density at radius 3 is 2.72 bits per heavy atom. The zero-order valence-corrected chi connectivity index (χ0v) is 13.5. The van der Waals surface area contributed by atoms with E-state index in [0.29, 0.717) is 5.65 Å². The second-order valence-corrected chi connectivity index (χ2v) is 6.10. The van der Waals surface area contributed by atoms with Gasteiger partial charge >= 0.3 is 6.18 Å². The topological polar surface area (TPSA) is 66.7 Å². The number of aromatic nitrogens is 2. The highest BCUT2D eigenvalue weighted by atomic mass is 19.4. The standard InChI is InChI=1S/C16H17F3N4O2/c1-10(24)21-12-3-4-13(16(17,18)19)23(9-12)15(25)11-2-5-14-20-6-7-22(14)8-11/h2,5-8,12-13H,3-4,9H2,1H3,(H,21,24)/t12-,13-/m0/s1. The molecule has 0 spiro atoms. The molecule has 2 amide bonds. The minimum atomic E-state index is -4.52. The number of alkyl halides is 3. The lowest BCUT2D eigenvalue weighted by molar-refractivity contribution is -0.184. The lowest BCUT2D eigenvalue weighted by atomic mass is 9.96. The quantitative estimate of drug-likeness (QED) is 0.897. The van der Waals surface area contributed by atoms with Gasteiger partial charge in [0, 0.05) is 38.1 Å². The van der Waals surface area contributed by atoms with Gasteiger partial charge in [0.05, 0.1) is 5.56 Å². The molecule has 0 bridgehead atoms. The summed E-state index contributed by atoms with van der Waals surface area (Å²) in [5.74, 6) is -1.05. The summed E-state index contributed by atoms with van der Waals surface area (Å²) >= 11 is 0. The third kappa shape index (κ3) is 3.59. The molecule has 134 valence electrons. The van der Waals surface area contributed by atoms with Gasteiger partial charge in [0.25, 0.3) is 5.91 Å². The van der Waals surface area contributed by atoms with E-state index >= 15 is 0 Å². The largest absolute Gasteiger partial charge is 0.408 e. The Balaban J connectivity index is 1.89. The Bertz CT molecular complexity index is 802. The number of hydrogen-bond acceptors (Lipinski definition) is 3. The van der Waals surface area contributed by atoms with E-state index < -0.39 is 24.2 Å². The van der Waals surface area contributed by atoms with Crippen LogP contribution in [0.5, 0.6) is 0 Å². The highest BCUT2D eigenvalue weighted by Gasteiger charge is 2.48. The summed E-state index contributed by atoms with van der Waals surface area (Å²) in [4.78, 5) is 28.8. The van der Waals surface area contributed by atoms with E-state index in [2.05, 4.69) is 10.3 Å². The van der Waals surface area contributed by atoms with Crippen LogP contribution in [0.3, 0.4) is 0 Å². The molecular weight excluding hydrogens is 337 g/mol. The number of carbonyl (C=O) groups excluding carboxylic acids is 2. The smallest absolute Gasteiger partial charge is 0.352 e. The first-order chi connectivity index (χ1) is 11.8. The maximum absolute atomic E-state index is 13.4. The highest BCUT2D eigenvalue weighted by molar-refractivity contribution is 5.94. The van der Waals surface area contributed by atoms with E-state index in [1.54, 1.807) is 16.7 Å². The van der Waals surface area contributed by atoms with Crippen LogP contribution in [0.1, 0.15) is 30.1 Å². The lowest BCUT2D eigenvalue weighted by Crippen LogP contribution is -2.58. The Labute approximate surface area is 141 Å². The number of imidazole rings is 1. The Morgan fingerprint density at radius 1 is 1.28 bits per heavy atom. The minimum Gasteiger partial charge on any atom is -0.352 e. The molecule has 0 aliphatic carbocycles. The van der Waals surface area contributed by atoms with E-state index in [1.807, 2.05) is 0 Å². The zero-order valence-electron chi connectivity index (χ0n) is 13.5. The van der Waals surface area contributed by atoms with Crippen LogP contribution < -0.4 is 5.32 Å². The number of likely N-dealkylation sites (tertiary alicyclic amines) is 1. The number of pyridine rings is 1. The predicted molar refractivity (Wildman–Crippen MR) is 82.9 cm³/mol. The fourth-order valence-corrected chi connectivity index (χ4v) is 3.15. The number of nitrogens with one attached hydrogen (secondary N) is 1. The maximum Gasteiger partial charge on any atom is 0.408 e. The first-order valence-electron chi connectivity index (χ1n) is 7.83. The number of nitrogens with zero attached hydrogens (tertiary/aromatic N) is 3. The van der Waals surface area contributed by atoms with Gasteiger partial charge < -0.3 is 14.6 Å². The van der Waals surface area contributed by atoms with Crippen molar-refractivity contribution in [1.29, 1.82) is 0 Å². The van der Waals surface area contributed by atoms with E-state index in [0.717, 1.165) is 4.90 Å². The molecule has 6 nitrogen and oxygen atoms in total. The van der Waals surface area contributed by atoms with E-state index in [-0.39, 0.29) is 30.9 Å². The average Bonchev–Trinajstić information content (AvgIpc) is 3.00. The molecule has 3 rings (SSSR count). The summed E-state index contributed by atoms with van der Waals surface area (Å²) in [5.41, 5.74) is 0.738. The number of fused-ring (bicyclic) bond motifs is 1.